The number of hydrogen-bond donors (Lipinski definition) is 0. The van der Waals surface area contributed by atoms with Crippen molar-refractivity contribution in [2.45, 2.75) is 6.18 Å². The molecule has 0 bridgehead atoms. The number of fused-ring (bicyclic) bond motifs is 4. The molecule has 4 heterocycles. The molecule has 0 saturated carbocycles. The van der Waals surface area contributed by atoms with E-state index in [4.69, 9.17) is 4.98 Å². The largest absolute Gasteiger partial charge is 0.416 e. The number of thiophene rings is 1. The van der Waals surface area contributed by atoms with E-state index in [0.29, 0.717) is 5.56 Å². The average molecular weight is 534 g/mol. The summed E-state index contributed by atoms with van der Waals surface area (Å²) >= 11 is 1.68. The van der Waals surface area contributed by atoms with E-state index in [0.717, 1.165) is 61.2 Å². The Morgan fingerprint density at radius 3 is 2.18 bits per heavy atom. The lowest BCUT2D eigenvalue weighted by molar-refractivity contribution is -0.137. The second-order valence-corrected chi connectivity index (χ2v) is 10.3. The van der Waals surface area contributed by atoms with Crippen LogP contribution >= 0.6 is 11.3 Å². The SMILES string of the molecule is FC(F)(F)c1ccc(-c2ccc3cc(-c4ccc(-c5cccc6c5sc5ncccc56)nc4)cnc3c2)cc1. The quantitative estimate of drug-likeness (QED) is 0.227. The number of alkyl halides is 3. The van der Waals surface area contributed by atoms with Crippen molar-refractivity contribution < 1.29 is 13.2 Å². The predicted octanol–water partition coefficient (Wildman–Crippen LogP) is 9.41. The standard InChI is InChI=1S/C32H18F3N3S/c33-32(34,35)24-11-8-19(9-12-24)20-6-7-21-15-23(18-38-29(21)16-20)22-10-13-28(37-17-22)27-4-1-3-25-26-5-2-14-36-31(26)39-30(25)27/h1-18H. The molecule has 0 atom stereocenters. The number of benzene rings is 3. The van der Waals surface area contributed by atoms with E-state index in [1.54, 1.807) is 17.5 Å². The Morgan fingerprint density at radius 1 is 0.615 bits per heavy atom. The van der Waals surface area contributed by atoms with Gasteiger partial charge in [0.25, 0.3) is 0 Å². The Kier molecular flexibility index (Phi) is 5.42. The maximum atomic E-state index is 12.9. The highest BCUT2D eigenvalue weighted by molar-refractivity contribution is 7.26. The van der Waals surface area contributed by atoms with Gasteiger partial charge in [0.2, 0.25) is 0 Å². The van der Waals surface area contributed by atoms with E-state index in [2.05, 4.69) is 34.2 Å². The van der Waals surface area contributed by atoms with E-state index in [9.17, 15) is 13.2 Å². The molecule has 0 aliphatic carbocycles. The van der Waals surface area contributed by atoms with E-state index in [1.165, 1.54) is 22.2 Å². The fraction of sp³-hybridized carbons (Fsp3) is 0.0312. The molecule has 7 aromatic rings. The Bertz CT molecular complexity index is 1990. The van der Waals surface area contributed by atoms with Crippen LogP contribution in [0, 0.1) is 0 Å². The van der Waals surface area contributed by atoms with Crippen LogP contribution in [-0.4, -0.2) is 15.0 Å². The van der Waals surface area contributed by atoms with Gasteiger partial charge in [-0.1, -0.05) is 48.5 Å². The molecule has 39 heavy (non-hydrogen) atoms. The van der Waals surface area contributed by atoms with E-state index in [-0.39, 0.29) is 0 Å². The highest BCUT2D eigenvalue weighted by atomic mass is 32.1. The van der Waals surface area contributed by atoms with Crippen LogP contribution in [0.2, 0.25) is 0 Å². The normalized spacial score (nSPS) is 12.0. The maximum Gasteiger partial charge on any atom is 0.416 e. The first-order valence-electron chi connectivity index (χ1n) is 12.2. The molecule has 0 N–H and O–H groups in total. The smallest absolute Gasteiger partial charge is 0.256 e. The minimum atomic E-state index is -4.35. The molecule has 7 rings (SSSR count). The fourth-order valence-corrected chi connectivity index (χ4v) is 6.03. The summed E-state index contributed by atoms with van der Waals surface area (Å²) in [5.74, 6) is 0. The van der Waals surface area contributed by atoms with Gasteiger partial charge in [-0.3, -0.25) is 9.97 Å². The van der Waals surface area contributed by atoms with Gasteiger partial charge in [-0.05, 0) is 53.6 Å². The summed E-state index contributed by atoms with van der Waals surface area (Å²) in [5.41, 5.74) is 5.49. The lowest BCUT2D eigenvalue weighted by Gasteiger charge is -2.09. The zero-order chi connectivity index (χ0) is 26.6. The highest BCUT2D eigenvalue weighted by Gasteiger charge is 2.30. The molecule has 3 nitrogen and oxygen atoms in total. The van der Waals surface area contributed by atoms with Crippen LogP contribution in [0.5, 0.6) is 0 Å². The molecule has 0 saturated heterocycles. The van der Waals surface area contributed by atoms with Crippen LogP contribution in [0.25, 0.3) is 64.7 Å². The molecular weight excluding hydrogens is 515 g/mol. The van der Waals surface area contributed by atoms with Gasteiger partial charge in [-0.2, -0.15) is 13.2 Å². The van der Waals surface area contributed by atoms with Crippen molar-refractivity contribution >= 4 is 42.5 Å². The molecule has 0 unspecified atom stereocenters. The van der Waals surface area contributed by atoms with Crippen LogP contribution < -0.4 is 0 Å². The third kappa shape index (κ3) is 4.21. The summed E-state index contributed by atoms with van der Waals surface area (Å²) in [4.78, 5) is 14.9. The first-order chi connectivity index (χ1) is 18.9. The Morgan fingerprint density at radius 2 is 1.38 bits per heavy atom. The van der Waals surface area contributed by atoms with E-state index in [1.807, 2.05) is 54.9 Å². The fourth-order valence-electron chi connectivity index (χ4n) is 4.87. The molecule has 4 aromatic heterocycles. The molecule has 0 spiro atoms. The monoisotopic (exact) mass is 533 g/mol. The first kappa shape index (κ1) is 23.5. The van der Waals surface area contributed by atoms with Crippen molar-refractivity contribution in [3.05, 3.63) is 115 Å². The molecular formula is C32H18F3N3S. The minimum absolute atomic E-state index is 0.660. The number of halogens is 3. The zero-order valence-corrected chi connectivity index (χ0v) is 21.1. The van der Waals surface area contributed by atoms with Crippen LogP contribution in [-0.2, 0) is 6.18 Å². The van der Waals surface area contributed by atoms with Gasteiger partial charge in [0.15, 0.2) is 0 Å². The zero-order valence-electron chi connectivity index (χ0n) is 20.3. The Labute approximate surface area is 225 Å². The molecule has 7 heteroatoms. The predicted molar refractivity (Wildman–Crippen MR) is 152 cm³/mol. The maximum absolute atomic E-state index is 12.9. The van der Waals surface area contributed by atoms with Gasteiger partial charge in [-0.15, -0.1) is 11.3 Å². The lowest BCUT2D eigenvalue weighted by atomic mass is 10.0. The number of aromatic nitrogens is 3. The number of nitrogens with zero attached hydrogens (tertiary/aromatic N) is 3. The second-order valence-electron chi connectivity index (χ2n) is 9.28. The van der Waals surface area contributed by atoms with Gasteiger partial charge in [0.05, 0.1) is 16.8 Å². The highest BCUT2D eigenvalue weighted by Crippen LogP contribution is 2.39. The van der Waals surface area contributed by atoms with Crippen molar-refractivity contribution in [2.75, 3.05) is 0 Å². The minimum Gasteiger partial charge on any atom is -0.256 e. The van der Waals surface area contributed by atoms with Crippen LogP contribution in [0.4, 0.5) is 13.2 Å². The number of rotatable bonds is 3. The Hall–Kier alpha value is -4.62. The molecule has 0 amide bonds. The lowest BCUT2D eigenvalue weighted by Crippen LogP contribution is -2.03. The molecule has 0 aliphatic rings. The second kappa shape index (κ2) is 8.99. The van der Waals surface area contributed by atoms with Crippen LogP contribution in [0.3, 0.4) is 0 Å². The van der Waals surface area contributed by atoms with Crippen molar-refractivity contribution in [3.8, 4) is 33.5 Å². The van der Waals surface area contributed by atoms with Crippen molar-refractivity contribution in [1.29, 1.82) is 0 Å². The molecule has 0 fully saturated rings. The molecule has 188 valence electrons. The summed E-state index contributed by atoms with van der Waals surface area (Å²) < 4.78 is 39.9. The topological polar surface area (TPSA) is 38.7 Å². The Balaban J connectivity index is 1.19. The third-order valence-electron chi connectivity index (χ3n) is 6.88. The first-order valence-corrected chi connectivity index (χ1v) is 13.1. The summed E-state index contributed by atoms with van der Waals surface area (Å²) in [7, 11) is 0. The van der Waals surface area contributed by atoms with Gasteiger partial charge >= 0.3 is 6.18 Å². The van der Waals surface area contributed by atoms with E-state index >= 15 is 0 Å². The molecule has 0 radical (unpaired) electrons. The van der Waals surface area contributed by atoms with Gasteiger partial charge in [0.1, 0.15) is 4.83 Å². The number of pyridine rings is 3. The van der Waals surface area contributed by atoms with Gasteiger partial charge in [-0.25, -0.2) is 4.98 Å². The van der Waals surface area contributed by atoms with Crippen LogP contribution in [0.1, 0.15) is 5.56 Å². The van der Waals surface area contributed by atoms with Crippen molar-refractivity contribution in [2.24, 2.45) is 0 Å². The van der Waals surface area contributed by atoms with Crippen LogP contribution in [0.15, 0.2) is 110 Å². The van der Waals surface area contributed by atoms with Gasteiger partial charge < -0.3 is 0 Å². The summed E-state index contributed by atoms with van der Waals surface area (Å²) in [6, 6.07) is 27.4. The summed E-state index contributed by atoms with van der Waals surface area (Å²) in [5, 5.41) is 3.27. The molecule has 0 aliphatic heterocycles. The molecule has 3 aromatic carbocycles. The van der Waals surface area contributed by atoms with E-state index < -0.39 is 11.7 Å². The number of hydrogen-bond acceptors (Lipinski definition) is 4. The third-order valence-corrected chi connectivity index (χ3v) is 8.04. The van der Waals surface area contributed by atoms with Crippen molar-refractivity contribution in [1.82, 2.24) is 15.0 Å². The summed E-state index contributed by atoms with van der Waals surface area (Å²) in [6.45, 7) is 0. The van der Waals surface area contributed by atoms with Gasteiger partial charge in [0, 0.05) is 56.1 Å². The summed E-state index contributed by atoms with van der Waals surface area (Å²) in [6.07, 6.45) is 1.13. The van der Waals surface area contributed by atoms with Crippen molar-refractivity contribution in [3.63, 3.8) is 0 Å². The average Bonchev–Trinajstić information content (AvgIpc) is 3.35.